The molecule has 0 saturated heterocycles. The summed E-state index contributed by atoms with van der Waals surface area (Å²) in [5.41, 5.74) is 2.04. The van der Waals surface area contributed by atoms with Gasteiger partial charge >= 0.3 is 0 Å². The van der Waals surface area contributed by atoms with Crippen molar-refractivity contribution >= 4 is 29.2 Å². The molecule has 0 saturated carbocycles. The molecule has 1 aromatic heterocycles. The molecule has 2 heterocycles. The Hall–Kier alpha value is -2.51. The molecule has 0 unspecified atom stereocenters. The number of rotatable bonds is 4. The Balaban J connectivity index is 1.72. The van der Waals surface area contributed by atoms with Crippen molar-refractivity contribution in [3.8, 4) is 11.5 Å². The third-order valence-electron chi connectivity index (χ3n) is 4.69. The zero-order valence-corrected chi connectivity index (χ0v) is 16.2. The number of fused-ring (bicyclic) bond motifs is 1. The molecule has 4 rings (SSSR count). The molecule has 0 radical (unpaired) electrons. The lowest BCUT2D eigenvalue weighted by molar-refractivity contribution is 0.353. The van der Waals surface area contributed by atoms with E-state index in [4.69, 9.17) is 32.7 Å². The van der Waals surface area contributed by atoms with Gasteiger partial charge in [0.25, 0.3) is 0 Å². The fraction of sp³-hybridized carbons (Fsp3) is 0.278. The standard InChI is InChI=1S/C18H17Cl2N5O2/c1-26-16-6-4-10(8-17(16)27-2)14-9-15(25-18(21-14)22-23-24-25)11-3-5-12(19)13(20)7-11/h3-8,14-15H,9H2,1-2H3,(H,21,22,24)/t14-,15+/m0/s1. The van der Waals surface area contributed by atoms with Gasteiger partial charge in [-0.25, -0.2) is 4.68 Å². The topological polar surface area (TPSA) is 74.1 Å². The van der Waals surface area contributed by atoms with Gasteiger partial charge in [0, 0.05) is 0 Å². The van der Waals surface area contributed by atoms with Crippen molar-refractivity contribution in [2.75, 3.05) is 19.5 Å². The molecule has 0 fully saturated rings. The zero-order valence-electron chi connectivity index (χ0n) is 14.7. The van der Waals surface area contributed by atoms with Gasteiger partial charge in [0.15, 0.2) is 11.5 Å². The first kappa shape index (κ1) is 17.9. The highest BCUT2D eigenvalue weighted by Gasteiger charge is 2.31. The Kier molecular flexibility index (Phi) is 4.80. The van der Waals surface area contributed by atoms with E-state index in [1.165, 1.54) is 0 Å². The van der Waals surface area contributed by atoms with E-state index in [1.54, 1.807) is 25.0 Å². The van der Waals surface area contributed by atoms with E-state index < -0.39 is 0 Å². The zero-order chi connectivity index (χ0) is 19.0. The summed E-state index contributed by atoms with van der Waals surface area (Å²) >= 11 is 12.3. The van der Waals surface area contributed by atoms with E-state index in [9.17, 15) is 0 Å². The highest BCUT2D eigenvalue weighted by molar-refractivity contribution is 6.42. The molecule has 1 aliphatic heterocycles. The highest BCUT2D eigenvalue weighted by atomic mass is 35.5. The number of ether oxygens (including phenoxy) is 2. The summed E-state index contributed by atoms with van der Waals surface area (Å²) in [4.78, 5) is 0. The second-order valence-corrected chi connectivity index (χ2v) is 7.00. The number of aromatic nitrogens is 4. The molecule has 0 spiro atoms. The number of benzene rings is 2. The Morgan fingerprint density at radius 1 is 1.00 bits per heavy atom. The Morgan fingerprint density at radius 3 is 2.52 bits per heavy atom. The van der Waals surface area contributed by atoms with Gasteiger partial charge in [0.1, 0.15) is 0 Å². The summed E-state index contributed by atoms with van der Waals surface area (Å²) < 4.78 is 12.5. The molecule has 3 aromatic rings. The van der Waals surface area contributed by atoms with E-state index >= 15 is 0 Å². The number of nitrogens with one attached hydrogen (secondary N) is 1. The Labute approximate surface area is 166 Å². The number of hydrogen-bond acceptors (Lipinski definition) is 6. The first-order chi connectivity index (χ1) is 13.1. The van der Waals surface area contributed by atoms with E-state index in [0.29, 0.717) is 27.5 Å². The van der Waals surface area contributed by atoms with Crippen LogP contribution in [-0.4, -0.2) is 34.4 Å². The van der Waals surface area contributed by atoms with Crippen LogP contribution < -0.4 is 14.8 Å². The van der Waals surface area contributed by atoms with Gasteiger partial charge in [0.05, 0.1) is 36.3 Å². The van der Waals surface area contributed by atoms with Crippen molar-refractivity contribution in [1.29, 1.82) is 0 Å². The lowest BCUT2D eigenvalue weighted by atomic mass is 9.93. The minimum atomic E-state index is -0.0795. The van der Waals surface area contributed by atoms with Crippen LogP contribution in [0.3, 0.4) is 0 Å². The first-order valence-electron chi connectivity index (χ1n) is 8.32. The summed E-state index contributed by atoms with van der Waals surface area (Å²) in [5.74, 6) is 1.95. The number of hydrogen-bond donors (Lipinski definition) is 1. The average Bonchev–Trinajstić information content (AvgIpc) is 3.17. The van der Waals surface area contributed by atoms with E-state index in [2.05, 4.69) is 20.8 Å². The first-order valence-corrected chi connectivity index (χ1v) is 9.07. The van der Waals surface area contributed by atoms with Crippen LogP contribution in [0.15, 0.2) is 36.4 Å². The van der Waals surface area contributed by atoms with Crippen LogP contribution in [0.5, 0.6) is 11.5 Å². The number of nitrogens with zero attached hydrogens (tertiary/aromatic N) is 4. The second-order valence-electron chi connectivity index (χ2n) is 6.18. The summed E-state index contributed by atoms with van der Waals surface area (Å²) in [6.45, 7) is 0. The summed E-state index contributed by atoms with van der Waals surface area (Å²) in [6.07, 6.45) is 0.728. The molecule has 7 nitrogen and oxygen atoms in total. The fourth-order valence-electron chi connectivity index (χ4n) is 3.32. The minimum Gasteiger partial charge on any atom is -0.493 e. The van der Waals surface area contributed by atoms with Crippen LogP contribution in [-0.2, 0) is 0 Å². The predicted molar refractivity (Wildman–Crippen MR) is 103 cm³/mol. The SMILES string of the molecule is COc1ccc([C@@H]2C[C@H](c3ccc(Cl)c(Cl)c3)n3nnnc3N2)cc1OC. The molecular formula is C18H17Cl2N5O2. The van der Waals surface area contributed by atoms with Gasteiger partial charge in [0.2, 0.25) is 5.95 Å². The van der Waals surface area contributed by atoms with Crippen molar-refractivity contribution in [2.45, 2.75) is 18.5 Å². The Morgan fingerprint density at radius 2 is 1.78 bits per heavy atom. The van der Waals surface area contributed by atoms with Crippen molar-refractivity contribution < 1.29 is 9.47 Å². The molecule has 0 amide bonds. The largest absolute Gasteiger partial charge is 0.493 e. The normalized spacial score (nSPS) is 18.5. The molecule has 140 valence electrons. The van der Waals surface area contributed by atoms with E-state index in [-0.39, 0.29) is 12.1 Å². The van der Waals surface area contributed by atoms with Crippen LogP contribution in [0, 0.1) is 0 Å². The molecule has 9 heteroatoms. The lowest BCUT2D eigenvalue weighted by Gasteiger charge is -2.31. The van der Waals surface area contributed by atoms with Gasteiger partial charge in [-0.05, 0) is 52.2 Å². The van der Waals surface area contributed by atoms with Crippen molar-refractivity contribution in [1.82, 2.24) is 20.2 Å². The quantitative estimate of drug-likeness (QED) is 0.702. The van der Waals surface area contributed by atoms with E-state index in [1.807, 2.05) is 30.3 Å². The maximum absolute atomic E-state index is 6.22. The van der Waals surface area contributed by atoms with E-state index in [0.717, 1.165) is 17.5 Å². The predicted octanol–water partition coefficient (Wildman–Crippen LogP) is 4.14. The maximum atomic E-state index is 6.22. The van der Waals surface area contributed by atoms with Gasteiger partial charge in [-0.2, -0.15) is 0 Å². The van der Waals surface area contributed by atoms with Crippen LogP contribution >= 0.6 is 23.2 Å². The molecule has 2 atom stereocenters. The van der Waals surface area contributed by atoms with Crippen LogP contribution in [0.1, 0.15) is 29.6 Å². The molecule has 0 aliphatic carbocycles. The smallest absolute Gasteiger partial charge is 0.243 e. The molecule has 27 heavy (non-hydrogen) atoms. The third-order valence-corrected chi connectivity index (χ3v) is 5.43. The van der Waals surface area contributed by atoms with Crippen molar-refractivity contribution in [2.24, 2.45) is 0 Å². The van der Waals surface area contributed by atoms with Crippen LogP contribution in [0.25, 0.3) is 0 Å². The van der Waals surface area contributed by atoms with Crippen LogP contribution in [0.2, 0.25) is 10.0 Å². The number of methoxy groups -OCH3 is 2. The molecule has 1 N–H and O–H groups in total. The number of anilines is 1. The van der Waals surface area contributed by atoms with Gasteiger partial charge in [-0.15, -0.1) is 0 Å². The van der Waals surface area contributed by atoms with Gasteiger partial charge in [-0.1, -0.05) is 40.4 Å². The summed E-state index contributed by atoms with van der Waals surface area (Å²) in [6, 6.07) is 11.4. The molecule has 0 bridgehead atoms. The highest BCUT2D eigenvalue weighted by Crippen LogP contribution is 2.40. The lowest BCUT2D eigenvalue weighted by Crippen LogP contribution is -2.28. The Bertz CT molecular complexity index is 978. The maximum Gasteiger partial charge on any atom is 0.243 e. The molecule has 2 aromatic carbocycles. The minimum absolute atomic E-state index is 0.0113. The number of halogens is 2. The number of tetrazole rings is 1. The molecular weight excluding hydrogens is 389 g/mol. The van der Waals surface area contributed by atoms with Gasteiger partial charge in [-0.3, -0.25) is 0 Å². The third kappa shape index (κ3) is 3.28. The average molecular weight is 406 g/mol. The van der Waals surface area contributed by atoms with Crippen molar-refractivity contribution in [3.05, 3.63) is 57.6 Å². The van der Waals surface area contributed by atoms with Crippen LogP contribution in [0.4, 0.5) is 5.95 Å². The van der Waals surface area contributed by atoms with Gasteiger partial charge < -0.3 is 14.8 Å². The van der Waals surface area contributed by atoms with Crippen molar-refractivity contribution in [3.63, 3.8) is 0 Å². The fourth-order valence-corrected chi connectivity index (χ4v) is 3.63. The molecule has 1 aliphatic rings. The summed E-state index contributed by atoms with van der Waals surface area (Å²) in [5, 5.41) is 16.4. The summed E-state index contributed by atoms with van der Waals surface area (Å²) in [7, 11) is 3.24. The monoisotopic (exact) mass is 405 g/mol. The second kappa shape index (κ2) is 7.25.